The van der Waals surface area contributed by atoms with Crippen LogP contribution in [-0.2, 0) is 4.79 Å². The molecule has 0 bridgehead atoms. The molecular formula is C22H25NO4. The van der Waals surface area contributed by atoms with Crippen LogP contribution in [0.15, 0.2) is 60.7 Å². The number of hydrogen-bond acceptors (Lipinski definition) is 4. The van der Waals surface area contributed by atoms with Crippen LogP contribution in [0.4, 0.5) is 0 Å². The third-order valence-corrected chi connectivity index (χ3v) is 6.08. The molecule has 2 fully saturated rings. The first-order valence-corrected chi connectivity index (χ1v) is 9.46. The number of para-hydroxylation sites is 1. The molecule has 2 N–H and O–H groups in total. The van der Waals surface area contributed by atoms with Gasteiger partial charge in [0.2, 0.25) is 5.91 Å². The molecule has 2 aromatic rings. The van der Waals surface area contributed by atoms with E-state index < -0.39 is 11.5 Å². The van der Waals surface area contributed by atoms with Crippen LogP contribution in [0.1, 0.15) is 17.9 Å². The lowest BCUT2D eigenvalue weighted by atomic mass is 9.95. The summed E-state index contributed by atoms with van der Waals surface area (Å²) in [6.45, 7) is 1.15. The highest BCUT2D eigenvalue weighted by atomic mass is 16.5. The number of hydrogen-bond donors (Lipinski definition) is 2. The van der Waals surface area contributed by atoms with Gasteiger partial charge in [-0.3, -0.25) is 4.79 Å². The molecule has 1 saturated carbocycles. The third-order valence-electron chi connectivity index (χ3n) is 6.08. The Kier molecular flexibility index (Phi) is 4.89. The minimum absolute atomic E-state index is 0.00623. The fourth-order valence-electron chi connectivity index (χ4n) is 4.69. The Morgan fingerprint density at radius 3 is 2.44 bits per heavy atom. The fraction of sp³-hybridized carbons (Fsp3) is 0.409. The number of aliphatic hydroxyl groups is 2. The quantitative estimate of drug-likeness (QED) is 0.820. The zero-order valence-electron chi connectivity index (χ0n) is 15.2. The Balaban J connectivity index is 1.38. The highest BCUT2D eigenvalue weighted by molar-refractivity contribution is 5.77. The van der Waals surface area contributed by atoms with E-state index in [4.69, 9.17) is 4.74 Å². The molecule has 1 aliphatic heterocycles. The molecule has 4 atom stereocenters. The standard InChI is InChI=1S/C22H25NO4/c24-14-18-21(16-7-3-1-4-8-16)22(18)15-23(13-19(22)25)20(26)11-12-27-17-9-5-2-6-10-17/h1-10,18-19,21,24-25H,11-15H2/t18-,19+,21-,22-/m1/s1. The molecule has 5 nitrogen and oxygen atoms in total. The maximum Gasteiger partial charge on any atom is 0.226 e. The van der Waals surface area contributed by atoms with E-state index in [1.165, 1.54) is 0 Å². The van der Waals surface area contributed by atoms with E-state index in [0.717, 1.165) is 11.3 Å². The molecule has 1 aliphatic carbocycles. The van der Waals surface area contributed by atoms with E-state index in [9.17, 15) is 15.0 Å². The molecule has 5 heteroatoms. The van der Waals surface area contributed by atoms with Gasteiger partial charge in [-0.25, -0.2) is 0 Å². The maximum atomic E-state index is 12.6. The van der Waals surface area contributed by atoms with E-state index in [0.29, 0.717) is 19.7 Å². The lowest BCUT2D eigenvalue weighted by molar-refractivity contribution is -0.131. The SMILES string of the molecule is O=C(CCOc1ccccc1)N1C[C@H](O)[C@@]2(C1)[C@H](CO)[C@H]2c1ccccc1. The van der Waals surface area contributed by atoms with Gasteiger partial charge in [0.15, 0.2) is 0 Å². The molecule has 4 rings (SSSR count). The van der Waals surface area contributed by atoms with Crippen molar-refractivity contribution in [2.45, 2.75) is 18.4 Å². The smallest absolute Gasteiger partial charge is 0.226 e. The summed E-state index contributed by atoms with van der Waals surface area (Å²) in [7, 11) is 0. The normalized spacial score (nSPS) is 29.1. The molecule has 2 aromatic carbocycles. The number of likely N-dealkylation sites (tertiary alicyclic amines) is 1. The summed E-state index contributed by atoms with van der Waals surface area (Å²) in [6.07, 6.45) is -0.337. The van der Waals surface area contributed by atoms with Crippen LogP contribution in [0.5, 0.6) is 5.75 Å². The van der Waals surface area contributed by atoms with Crippen molar-refractivity contribution in [1.29, 1.82) is 0 Å². The molecular weight excluding hydrogens is 342 g/mol. The molecule has 1 heterocycles. The van der Waals surface area contributed by atoms with Crippen molar-refractivity contribution in [3.63, 3.8) is 0 Å². The Hall–Kier alpha value is -2.37. The molecule has 0 unspecified atom stereocenters. The lowest BCUT2D eigenvalue weighted by Gasteiger charge is -2.17. The number of amides is 1. The van der Waals surface area contributed by atoms with Crippen molar-refractivity contribution in [3.8, 4) is 5.75 Å². The summed E-state index contributed by atoms with van der Waals surface area (Å²) in [5, 5.41) is 20.6. The first-order valence-electron chi connectivity index (χ1n) is 9.46. The summed E-state index contributed by atoms with van der Waals surface area (Å²) in [6, 6.07) is 19.4. The predicted octanol–water partition coefficient (Wildman–Crippen LogP) is 2.05. The van der Waals surface area contributed by atoms with Crippen molar-refractivity contribution in [2.75, 3.05) is 26.3 Å². The minimum atomic E-state index is -0.612. The number of aliphatic hydroxyl groups excluding tert-OH is 2. The van der Waals surface area contributed by atoms with Crippen LogP contribution >= 0.6 is 0 Å². The topological polar surface area (TPSA) is 70.0 Å². The van der Waals surface area contributed by atoms with Gasteiger partial charge in [-0.2, -0.15) is 0 Å². The molecule has 1 amide bonds. The van der Waals surface area contributed by atoms with Gasteiger partial charge in [0.05, 0.1) is 19.1 Å². The Morgan fingerprint density at radius 2 is 1.78 bits per heavy atom. The van der Waals surface area contributed by atoms with Crippen LogP contribution < -0.4 is 4.74 Å². The molecule has 1 saturated heterocycles. The molecule has 2 aliphatic rings. The van der Waals surface area contributed by atoms with Gasteiger partial charge in [0.25, 0.3) is 0 Å². The fourth-order valence-corrected chi connectivity index (χ4v) is 4.69. The summed E-state index contributed by atoms with van der Waals surface area (Å²) in [5.41, 5.74) is 0.698. The number of rotatable bonds is 6. The molecule has 1 spiro atoms. The highest BCUT2D eigenvalue weighted by Gasteiger charge is 2.71. The number of ether oxygens (including phenoxy) is 1. The minimum Gasteiger partial charge on any atom is -0.493 e. The summed E-state index contributed by atoms with van der Waals surface area (Å²) < 4.78 is 5.61. The van der Waals surface area contributed by atoms with Gasteiger partial charge < -0.3 is 19.8 Å². The second-order valence-electron chi connectivity index (χ2n) is 7.49. The zero-order valence-corrected chi connectivity index (χ0v) is 15.2. The first-order chi connectivity index (χ1) is 13.2. The molecule has 0 aromatic heterocycles. The van der Waals surface area contributed by atoms with Crippen molar-refractivity contribution < 1.29 is 19.7 Å². The lowest BCUT2D eigenvalue weighted by Crippen LogP contribution is -2.30. The monoisotopic (exact) mass is 367 g/mol. The first kappa shape index (κ1) is 18.0. The van der Waals surface area contributed by atoms with Crippen LogP contribution in [0, 0.1) is 11.3 Å². The number of β-amino-alcohol motifs (C(OH)–C–C–N with tert-alkyl or cyclic N) is 1. The average Bonchev–Trinajstić information content (AvgIpc) is 3.24. The average molecular weight is 367 g/mol. The van der Waals surface area contributed by atoms with Gasteiger partial charge in [-0.15, -0.1) is 0 Å². The van der Waals surface area contributed by atoms with E-state index in [1.54, 1.807) is 4.90 Å². The van der Waals surface area contributed by atoms with E-state index in [1.807, 2.05) is 60.7 Å². The van der Waals surface area contributed by atoms with Crippen molar-refractivity contribution in [3.05, 3.63) is 66.2 Å². The van der Waals surface area contributed by atoms with E-state index in [-0.39, 0.29) is 30.8 Å². The number of nitrogens with zero attached hydrogens (tertiary/aromatic N) is 1. The Morgan fingerprint density at radius 1 is 1.11 bits per heavy atom. The second-order valence-corrected chi connectivity index (χ2v) is 7.49. The number of carbonyl (C=O) groups is 1. The van der Waals surface area contributed by atoms with Crippen molar-refractivity contribution in [2.24, 2.45) is 11.3 Å². The van der Waals surface area contributed by atoms with Crippen molar-refractivity contribution in [1.82, 2.24) is 4.90 Å². The molecule has 142 valence electrons. The number of benzene rings is 2. The van der Waals surface area contributed by atoms with E-state index in [2.05, 4.69) is 0 Å². The predicted molar refractivity (Wildman–Crippen MR) is 101 cm³/mol. The van der Waals surface area contributed by atoms with Gasteiger partial charge in [-0.1, -0.05) is 48.5 Å². The van der Waals surface area contributed by atoms with Crippen molar-refractivity contribution >= 4 is 5.91 Å². The van der Waals surface area contributed by atoms with Crippen LogP contribution in [0.25, 0.3) is 0 Å². The Labute approximate surface area is 159 Å². The summed E-state index contributed by atoms with van der Waals surface area (Å²) >= 11 is 0. The Bertz CT molecular complexity index is 781. The van der Waals surface area contributed by atoms with Gasteiger partial charge in [0, 0.05) is 25.1 Å². The third kappa shape index (κ3) is 3.22. The largest absolute Gasteiger partial charge is 0.493 e. The molecule has 27 heavy (non-hydrogen) atoms. The molecule has 0 radical (unpaired) electrons. The van der Waals surface area contributed by atoms with Gasteiger partial charge in [-0.05, 0) is 29.5 Å². The summed E-state index contributed by atoms with van der Waals surface area (Å²) in [4.78, 5) is 14.3. The van der Waals surface area contributed by atoms with Gasteiger partial charge >= 0.3 is 0 Å². The maximum absolute atomic E-state index is 12.6. The van der Waals surface area contributed by atoms with Gasteiger partial charge in [0.1, 0.15) is 5.75 Å². The van der Waals surface area contributed by atoms with Crippen LogP contribution in [0.2, 0.25) is 0 Å². The second kappa shape index (κ2) is 7.33. The van der Waals surface area contributed by atoms with Crippen LogP contribution in [-0.4, -0.2) is 53.4 Å². The zero-order chi connectivity index (χ0) is 18.9. The number of carbonyl (C=O) groups excluding carboxylic acids is 1. The highest BCUT2D eigenvalue weighted by Crippen LogP contribution is 2.68. The van der Waals surface area contributed by atoms with E-state index >= 15 is 0 Å². The van der Waals surface area contributed by atoms with Crippen LogP contribution in [0.3, 0.4) is 0 Å². The summed E-state index contributed by atoms with van der Waals surface area (Å²) in [5.74, 6) is 0.817.